The molecule has 0 radical (unpaired) electrons. The highest BCUT2D eigenvalue weighted by molar-refractivity contribution is 6.01. The zero-order valence-electron chi connectivity index (χ0n) is 21.1. The van der Waals surface area contributed by atoms with E-state index in [1.54, 1.807) is 49.5 Å². The molecule has 1 heterocycles. The van der Waals surface area contributed by atoms with Gasteiger partial charge in [0.05, 0.1) is 14.2 Å². The maximum atomic E-state index is 13.6. The van der Waals surface area contributed by atoms with Crippen molar-refractivity contribution in [1.29, 1.82) is 0 Å². The Morgan fingerprint density at radius 3 is 2.40 bits per heavy atom. The van der Waals surface area contributed by atoms with Crippen molar-refractivity contribution >= 4 is 17.5 Å². The van der Waals surface area contributed by atoms with Crippen molar-refractivity contribution in [3.63, 3.8) is 0 Å². The van der Waals surface area contributed by atoms with Crippen LogP contribution in [0.3, 0.4) is 0 Å². The van der Waals surface area contributed by atoms with Crippen LogP contribution in [0.1, 0.15) is 64.0 Å². The number of benzene rings is 2. The fraction of sp³-hybridized carbons (Fsp3) is 0.481. The number of hydrogen-bond acceptors (Lipinski definition) is 6. The average molecular weight is 485 g/mol. The molecule has 1 unspecified atom stereocenters. The smallest absolute Gasteiger partial charge is 0.247 e. The molecule has 0 saturated carbocycles. The summed E-state index contributed by atoms with van der Waals surface area (Å²) < 4.78 is 21.9. The van der Waals surface area contributed by atoms with Crippen LogP contribution >= 0.6 is 0 Å². The average Bonchev–Trinajstić information content (AvgIpc) is 3.35. The normalized spacial score (nSPS) is 12.7. The van der Waals surface area contributed by atoms with Crippen LogP contribution in [0.2, 0.25) is 0 Å². The van der Waals surface area contributed by atoms with E-state index in [1.165, 1.54) is 0 Å². The highest BCUT2D eigenvalue weighted by Crippen LogP contribution is 2.39. The van der Waals surface area contributed by atoms with Gasteiger partial charge < -0.3 is 24.3 Å². The first-order valence-corrected chi connectivity index (χ1v) is 12.2. The Morgan fingerprint density at radius 2 is 1.69 bits per heavy atom. The number of fused-ring (bicyclic) bond motifs is 1. The van der Waals surface area contributed by atoms with Gasteiger partial charge in [0.15, 0.2) is 23.0 Å². The van der Waals surface area contributed by atoms with E-state index in [1.807, 2.05) is 13.0 Å². The summed E-state index contributed by atoms with van der Waals surface area (Å²) in [6.07, 6.45) is 4.84. The summed E-state index contributed by atoms with van der Waals surface area (Å²) in [7, 11) is 3.10. The Balaban J connectivity index is 2.07. The largest absolute Gasteiger partial charge is 0.493 e. The first-order valence-electron chi connectivity index (χ1n) is 12.2. The summed E-state index contributed by atoms with van der Waals surface area (Å²) in [6.45, 7) is 4.81. The molecule has 1 aliphatic rings. The molecule has 35 heavy (non-hydrogen) atoms. The number of carbonyl (C=O) groups is 2. The summed E-state index contributed by atoms with van der Waals surface area (Å²) in [6, 6.07) is 9.71. The number of hydrogen-bond donors (Lipinski definition) is 1. The van der Waals surface area contributed by atoms with Crippen molar-refractivity contribution in [2.75, 3.05) is 32.5 Å². The summed E-state index contributed by atoms with van der Waals surface area (Å²) in [5.74, 6) is 1.79. The zero-order chi connectivity index (χ0) is 25.2. The number of unbranched alkanes of at least 4 members (excludes halogenated alkanes) is 3. The maximum Gasteiger partial charge on any atom is 0.247 e. The molecule has 8 heteroatoms. The summed E-state index contributed by atoms with van der Waals surface area (Å²) >= 11 is 0. The van der Waals surface area contributed by atoms with E-state index in [0.717, 1.165) is 25.7 Å². The molecule has 1 aliphatic heterocycles. The Labute approximate surface area is 207 Å². The molecule has 1 N–H and O–H groups in total. The number of anilines is 1. The molecule has 0 bridgehead atoms. The van der Waals surface area contributed by atoms with Crippen molar-refractivity contribution in [3.05, 3.63) is 42.0 Å². The zero-order valence-corrected chi connectivity index (χ0v) is 21.1. The monoisotopic (exact) mass is 484 g/mol. The van der Waals surface area contributed by atoms with E-state index in [9.17, 15) is 9.59 Å². The minimum Gasteiger partial charge on any atom is -0.493 e. The van der Waals surface area contributed by atoms with Gasteiger partial charge in [-0.2, -0.15) is 0 Å². The molecule has 2 aromatic carbocycles. The van der Waals surface area contributed by atoms with Gasteiger partial charge in [0.2, 0.25) is 18.6 Å². The van der Waals surface area contributed by atoms with Crippen LogP contribution in [-0.2, 0) is 9.59 Å². The van der Waals surface area contributed by atoms with Crippen LogP contribution < -0.4 is 29.2 Å². The Morgan fingerprint density at radius 1 is 0.943 bits per heavy atom. The molecule has 1 atom stereocenters. The third kappa shape index (κ3) is 6.38. The van der Waals surface area contributed by atoms with E-state index >= 15 is 0 Å². The lowest BCUT2D eigenvalue weighted by atomic mass is 10.0. The quantitative estimate of drug-likeness (QED) is 0.403. The standard InChI is InChI=1S/C27H36N2O6/c1-5-7-9-15-28-27(31)26(19-11-13-22-24(16-19)35-18-34-22)29(25(30)10-8-6-2)20-12-14-21(32-3)23(17-20)33-4/h11-14,16-17,26H,5-10,15,18H2,1-4H3,(H,28,31). The van der Waals surface area contributed by atoms with Gasteiger partial charge in [-0.25, -0.2) is 0 Å². The van der Waals surface area contributed by atoms with Gasteiger partial charge in [-0.15, -0.1) is 0 Å². The first-order chi connectivity index (χ1) is 17.0. The molecular formula is C27H36N2O6. The van der Waals surface area contributed by atoms with E-state index < -0.39 is 6.04 Å². The van der Waals surface area contributed by atoms with Crippen LogP contribution in [0, 0.1) is 0 Å². The van der Waals surface area contributed by atoms with Crippen molar-refractivity contribution in [3.8, 4) is 23.0 Å². The van der Waals surface area contributed by atoms with Gasteiger partial charge in [-0.1, -0.05) is 39.2 Å². The Hall–Kier alpha value is -3.42. The molecule has 3 rings (SSSR count). The van der Waals surface area contributed by atoms with Crippen LogP contribution in [0.25, 0.3) is 0 Å². The van der Waals surface area contributed by atoms with E-state index in [0.29, 0.717) is 53.6 Å². The predicted octanol–water partition coefficient (Wildman–Crippen LogP) is 5.00. The second-order valence-electron chi connectivity index (χ2n) is 8.42. The van der Waals surface area contributed by atoms with Gasteiger partial charge in [0.1, 0.15) is 6.04 Å². The number of ether oxygens (including phenoxy) is 4. The molecular weight excluding hydrogens is 448 g/mol. The SMILES string of the molecule is CCCCCNC(=O)C(c1ccc2c(c1)OCO2)N(C(=O)CCCC)c1ccc(OC)c(OC)c1. The minimum absolute atomic E-state index is 0.126. The molecule has 8 nitrogen and oxygen atoms in total. The lowest BCUT2D eigenvalue weighted by molar-refractivity contribution is -0.126. The highest BCUT2D eigenvalue weighted by Gasteiger charge is 2.34. The summed E-state index contributed by atoms with van der Waals surface area (Å²) in [5.41, 5.74) is 1.19. The molecule has 0 spiro atoms. The summed E-state index contributed by atoms with van der Waals surface area (Å²) in [4.78, 5) is 28.8. The second kappa shape index (κ2) is 12.9. The van der Waals surface area contributed by atoms with Crippen LogP contribution in [-0.4, -0.2) is 39.4 Å². The van der Waals surface area contributed by atoms with Crippen LogP contribution in [0.5, 0.6) is 23.0 Å². The molecule has 2 aromatic rings. The third-order valence-corrected chi connectivity index (χ3v) is 5.96. The molecule has 0 aromatic heterocycles. The predicted molar refractivity (Wildman–Crippen MR) is 134 cm³/mol. The van der Waals surface area contributed by atoms with Gasteiger partial charge in [-0.05, 0) is 42.7 Å². The Bertz CT molecular complexity index is 1010. The Kier molecular flexibility index (Phi) is 9.64. The van der Waals surface area contributed by atoms with Gasteiger partial charge in [0.25, 0.3) is 0 Å². The van der Waals surface area contributed by atoms with Gasteiger partial charge in [-0.3, -0.25) is 14.5 Å². The van der Waals surface area contributed by atoms with Crippen LogP contribution in [0.15, 0.2) is 36.4 Å². The van der Waals surface area contributed by atoms with Crippen molar-refractivity contribution in [2.45, 2.75) is 58.4 Å². The van der Waals surface area contributed by atoms with Crippen molar-refractivity contribution < 1.29 is 28.5 Å². The lowest BCUT2D eigenvalue weighted by Gasteiger charge is -2.32. The summed E-state index contributed by atoms with van der Waals surface area (Å²) in [5, 5.41) is 3.04. The van der Waals surface area contributed by atoms with Crippen molar-refractivity contribution in [2.24, 2.45) is 0 Å². The van der Waals surface area contributed by atoms with E-state index in [2.05, 4.69) is 12.2 Å². The first kappa shape index (κ1) is 26.2. The number of methoxy groups -OCH3 is 2. The number of nitrogens with zero attached hydrogens (tertiary/aromatic N) is 1. The lowest BCUT2D eigenvalue weighted by Crippen LogP contribution is -2.44. The molecule has 2 amide bonds. The number of amides is 2. The number of nitrogens with one attached hydrogen (secondary N) is 1. The van der Waals surface area contributed by atoms with E-state index in [4.69, 9.17) is 18.9 Å². The van der Waals surface area contributed by atoms with E-state index in [-0.39, 0.29) is 18.6 Å². The maximum absolute atomic E-state index is 13.6. The van der Waals surface area contributed by atoms with Gasteiger partial charge in [0, 0.05) is 24.7 Å². The molecule has 0 saturated heterocycles. The molecule has 0 fully saturated rings. The molecule has 0 aliphatic carbocycles. The number of rotatable bonds is 13. The molecule has 190 valence electrons. The third-order valence-electron chi connectivity index (χ3n) is 5.96. The topological polar surface area (TPSA) is 86.3 Å². The second-order valence-corrected chi connectivity index (χ2v) is 8.42. The van der Waals surface area contributed by atoms with Gasteiger partial charge >= 0.3 is 0 Å². The highest BCUT2D eigenvalue weighted by atomic mass is 16.7. The minimum atomic E-state index is -0.895. The van der Waals surface area contributed by atoms with Crippen LogP contribution in [0.4, 0.5) is 5.69 Å². The van der Waals surface area contributed by atoms with Crippen molar-refractivity contribution in [1.82, 2.24) is 5.32 Å². The fourth-order valence-electron chi connectivity index (χ4n) is 4.04. The fourth-order valence-corrected chi connectivity index (χ4v) is 4.04. The number of carbonyl (C=O) groups excluding carboxylic acids is 2.